The van der Waals surface area contributed by atoms with Gasteiger partial charge in [0.2, 0.25) is 5.91 Å². The number of halogens is 3. The molecule has 29 heavy (non-hydrogen) atoms. The standard InChI is InChI=1S/C20H13ClF2N2O4/c1-29-19-13(5-7-17(26)24-15-6-3-11(22)9-14(15)23)18(27)12-4-2-10(21)8-16(12)25-20(19)28/h2-9H,1H3,(H,24,26)(H,25,28). The molecule has 0 radical (unpaired) electrons. The van der Waals surface area contributed by atoms with Crippen molar-refractivity contribution < 1.29 is 18.3 Å². The van der Waals surface area contributed by atoms with Crippen molar-refractivity contribution >= 4 is 40.2 Å². The van der Waals surface area contributed by atoms with Crippen molar-refractivity contribution in [2.75, 3.05) is 12.4 Å². The van der Waals surface area contributed by atoms with E-state index in [-0.39, 0.29) is 27.9 Å². The van der Waals surface area contributed by atoms with Crippen LogP contribution in [-0.4, -0.2) is 18.0 Å². The van der Waals surface area contributed by atoms with E-state index >= 15 is 0 Å². The molecule has 0 bridgehead atoms. The summed E-state index contributed by atoms with van der Waals surface area (Å²) in [5.41, 5.74) is -1.51. The maximum absolute atomic E-state index is 13.7. The Kier molecular flexibility index (Phi) is 5.74. The van der Waals surface area contributed by atoms with E-state index in [1.54, 1.807) is 0 Å². The van der Waals surface area contributed by atoms with E-state index in [9.17, 15) is 23.2 Å². The van der Waals surface area contributed by atoms with Gasteiger partial charge in [-0.2, -0.15) is 0 Å². The molecule has 0 unspecified atom stereocenters. The molecule has 1 amide bonds. The zero-order valence-electron chi connectivity index (χ0n) is 14.9. The Hall–Kier alpha value is -3.52. The number of aromatic nitrogens is 1. The molecule has 0 fully saturated rings. The molecular weight excluding hydrogens is 406 g/mol. The van der Waals surface area contributed by atoms with Gasteiger partial charge in [0.25, 0.3) is 5.56 Å². The monoisotopic (exact) mass is 418 g/mol. The van der Waals surface area contributed by atoms with Crippen LogP contribution in [0, 0.1) is 11.6 Å². The van der Waals surface area contributed by atoms with E-state index in [4.69, 9.17) is 16.3 Å². The normalized spacial score (nSPS) is 11.0. The molecule has 0 aliphatic carbocycles. The van der Waals surface area contributed by atoms with Gasteiger partial charge in [-0.3, -0.25) is 14.4 Å². The van der Waals surface area contributed by atoms with Crippen LogP contribution >= 0.6 is 11.6 Å². The first kappa shape index (κ1) is 20.2. The number of nitrogens with one attached hydrogen (secondary N) is 2. The molecule has 0 spiro atoms. The molecule has 3 aromatic rings. The number of carbonyl (C=O) groups excluding carboxylic acids is 1. The van der Waals surface area contributed by atoms with Crippen LogP contribution in [0.15, 0.2) is 52.1 Å². The Morgan fingerprint density at radius 1 is 1.17 bits per heavy atom. The zero-order chi connectivity index (χ0) is 21.1. The zero-order valence-corrected chi connectivity index (χ0v) is 15.6. The number of fused-ring (bicyclic) bond motifs is 1. The van der Waals surface area contributed by atoms with Gasteiger partial charge in [0, 0.05) is 22.6 Å². The SMILES string of the molecule is COc1c(C=CC(=O)Nc2ccc(F)cc2F)c(=O)c2ccc(Cl)cc2[nH]c1=O. The molecule has 1 heterocycles. The third-order valence-electron chi connectivity index (χ3n) is 3.96. The number of H-pyrrole nitrogens is 1. The highest BCUT2D eigenvalue weighted by Crippen LogP contribution is 2.18. The van der Waals surface area contributed by atoms with Crippen LogP contribution in [0.3, 0.4) is 0 Å². The molecule has 0 saturated heterocycles. The summed E-state index contributed by atoms with van der Waals surface area (Å²) in [7, 11) is 1.20. The van der Waals surface area contributed by atoms with E-state index in [2.05, 4.69) is 10.3 Å². The van der Waals surface area contributed by atoms with Crippen molar-refractivity contribution in [1.82, 2.24) is 4.98 Å². The average Bonchev–Trinajstić information content (AvgIpc) is 2.76. The van der Waals surface area contributed by atoms with Gasteiger partial charge < -0.3 is 15.0 Å². The van der Waals surface area contributed by atoms with Crippen molar-refractivity contribution in [3.05, 3.63) is 85.3 Å². The predicted molar refractivity (Wildman–Crippen MR) is 106 cm³/mol. The Labute approximate surface area is 167 Å². The summed E-state index contributed by atoms with van der Waals surface area (Å²) in [5.74, 6) is -2.86. The van der Waals surface area contributed by atoms with E-state index in [0.717, 1.165) is 24.3 Å². The molecule has 2 N–H and O–H groups in total. The molecule has 0 saturated carbocycles. The summed E-state index contributed by atoms with van der Waals surface area (Å²) >= 11 is 5.91. The smallest absolute Gasteiger partial charge is 0.291 e. The topological polar surface area (TPSA) is 88.3 Å². The van der Waals surface area contributed by atoms with Crippen LogP contribution in [0.2, 0.25) is 5.02 Å². The lowest BCUT2D eigenvalue weighted by molar-refractivity contribution is -0.111. The fourth-order valence-corrected chi connectivity index (χ4v) is 2.82. The molecule has 6 nitrogen and oxygen atoms in total. The number of benzene rings is 2. The maximum atomic E-state index is 13.7. The molecular formula is C20H13ClF2N2O4. The van der Waals surface area contributed by atoms with Crippen LogP contribution in [0.1, 0.15) is 5.56 Å². The third-order valence-corrected chi connectivity index (χ3v) is 4.20. The highest BCUT2D eigenvalue weighted by molar-refractivity contribution is 6.31. The molecule has 0 aliphatic rings. The molecule has 9 heteroatoms. The summed E-state index contributed by atoms with van der Waals surface area (Å²) in [6, 6.07) is 6.98. The first-order chi connectivity index (χ1) is 13.8. The number of methoxy groups -OCH3 is 1. The van der Waals surface area contributed by atoms with Crippen LogP contribution < -0.4 is 21.0 Å². The van der Waals surface area contributed by atoms with Crippen LogP contribution in [0.25, 0.3) is 17.0 Å². The van der Waals surface area contributed by atoms with Crippen LogP contribution in [0.4, 0.5) is 14.5 Å². The second-order valence-electron chi connectivity index (χ2n) is 5.87. The number of ether oxygens (including phenoxy) is 1. The van der Waals surface area contributed by atoms with Gasteiger partial charge in [-0.1, -0.05) is 11.6 Å². The summed E-state index contributed by atoms with van der Waals surface area (Å²) in [6.45, 7) is 0. The van der Waals surface area contributed by atoms with Gasteiger partial charge in [0.05, 0.1) is 23.9 Å². The fraction of sp³-hybridized carbons (Fsp3) is 0.0500. The first-order valence-electron chi connectivity index (χ1n) is 8.18. The average molecular weight is 419 g/mol. The van der Waals surface area contributed by atoms with E-state index < -0.39 is 28.5 Å². The largest absolute Gasteiger partial charge is 0.491 e. The van der Waals surface area contributed by atoms with Gasteiger partial charge >= 0.3 is 0 Å². The van der Waals surface area contributed by atoms with E-state index in [1.807, 2.05) is 0 Å². The number of anilines is 1. The molecule has 3 rings (SSSR count). The minimum absolute atomic E-state index is 0.152. The lowest BCUT2D eigenvalue weighted by Gasteiger charge is -2.03. The summed E-state index contributed by atoms with van der Waals surface area (Å²) in [5, 5.41) is 2.69. The van der Waals surface area contributed by atoms with Crippen molar-refractivity contribution in [2.45, 2.75) is 0 Å². The minimum Gasteiger partial charge on any atom is -0.491 e. The highest BCUT2D eigenvalue weighted by atomic mass is 35.5. The molecule has 0 aliphatic heterocycles. The van der Waals surface area contributed by atoms with E-state index in [0.29, 0.717) is 11.1 Å². The van der Waals surface area contributed by atoms with E-state index in [1.165, 1.54) is 25.3 Å². The molecule has 2 aromatic carbocycles. The van der Waals surface area contributed by atoms with Crippen molar-refractivity contribution in [3.8, 4) is 5.75 Å². The Bertz CT molecular complexity index is 1270. The number of amides is 1. The number of hydrogen-bond acceptors (Lipinski definition) is 4. The second-order valence-corrected chi connectivity index (χ2v) is 6.30. The summed E-state index contributed by atoms with van der Waals surface area (Å²) in [4.78, 5) is 39.9. The van der Waals surface area contributed by atoms with Crippen molar-refractivity contribution in [2.24, 2.45) is 0 Å². The number of aromatic amines is 1. The number of carbonyl (C=O) groups is 1. The van der Waals surface area contributed by atoms with Gasteiger partial charge in [-0.15, -0.1) is 0 Å². The lowest BCUT2D eigenvalue weighted by Crippen LogP contribution is -2.12. The number of hydrogen-bond donors (Lipinski definition) is 2. The number of rotatable bonds is 4. The van der Waals surface area contributed by atoms with Gasteiger partial charge in [0.1, 0.15) is 11.6 Å². The lowest BCUT2D eigenvalue weighted by atomic mass is 10.1. The molecule has 148 valence electrons. The van der Waals surface area contributed by atoms with Gasteiger partial charge in [0.15, 0.2) is 11.2 Å². The Morgan fingerprint density at radius 3 is 2.62 bits per heavy atom. The summed E-state index contributed by atoms with van der Waals surface area (Å²) in [6.07, 6.45) is 2.02. The van der Waals surface area contributed by atoms with Gasteiger partial charge in [-0.05, 0) is 36.4 Å². The second kappa shape index (κ2) is 8.24. The first-order valence-corrected chi connectivity index (χ1v) is 8.56. The van der Waals surface area contributed by atoms with Crippen LogP contribution in [-0.2, 0) is 4.79 Å². The van der Waals surface area contributed by atoms with Gasteiger partial charge in [-0.25, -0.2) is 8.78 Å². The predicted octanol–water partition coefficient (Wildman–Crippen LogP) is 3.48. The van der Waals surface area contributed by atoms with Crippen molar-refractivity contribution in [3.63, 3.8) is 0 Å². The van der Waals surface area contributed by atoms with Crippen molar-refractivity contribution in [1.29, 1.82) is 0 Å². The Morgan fingerprint density at radius 2 is 1.93 bits per heavy atom. The summed E-state index contributed by atoms with van der Waals surface area (Å²) < 4.78 is 31.7. The Balaban J connectivity index is 2.06. The fourth-order valence-electron chi connectivity index (χ4n) is 2.65. The maximum Gasteiger partial charge on any atom is 0.291 e. The molecule has 1 aromatic heterocycles. The quantitative estimate of drug-likeness (QED) is 0.635. The third kappa shape index (κ3) is 4.33. The minimum atomic E-state index is -0.959. The van der Waals surface area contributed by atoms with Crippen LogP contribution in [0.5, 0.6) is 5.75 Å². The highest BCUT2D eigenvalue weighted by Gasteiger charge is 2.13. The molecule has 0 atom stereocenters.